The first-order valence-corrected chi connectivity index (χ1v) is 7.66. The van der Waals surface area contributed by atoms with E-state index in [9.17, 15) is 31.9 Å². The van der Waals surface area contributed by atoms with Crippen molar-refractivity contribution >= 4 is 7.60 Å². The Hall–Kier alpha value is -1.69. The first kappa shape index (κ1) is 16.7. The van der Waals surface area contributed by atoms with Gasteiger partial charge in [0.1, 0.15) is 5.82 Å². The Morgan fingerprint density at radius 2 is 1.36 bits per heavy atom. The average Bonchev–Trinajstić information content (AvgIpc) is 2.40. The number of hydrogen-bond donors (Lipinski definition) is 2. The summed E-state index contributed by atoms with van der Waals surface area (Å²) in [5.41, 5.74) is -1.83. The SMILES string of the molecule is O=P(O)(O)C(c1ccccc1)(c1ccccc1F)C(F)(F)F. The minimum absolute atomic E-state index is 0.721. The van der Waals surface area contributed by atoms with Crippen LogP contribution in [0.2, 0.25) is 0 Å². The van der Waals surface area contributed by atoms with Gasteiger partial charge in [-0.3, -0.25) is 4.57 Å². The van der Waals surface area contributed by atoms with Crippen LogP contribution in [-0.2, 0) is 9.72 Å². The maximum absolute atomic E-state index is 14.0. The van der Waals surface area contributed by atoms with Crippen molar-refractivity contribution in [1.82, 2.24) is 0 Å². The Labute approximate surface area is 123 Å². The predicted octanol–water partition coefficient (Wildman–Crippen LogP) is 3.81. The van der Waals surface area contributed by atoms with Crippen molar-refractivity contribution in [3.63, 3.8) is 0 Å². The maximum atomic E-state index is 14.0. The predicted molar refractivity (Wildman–Crippen MR) is 71.7 cm³/mol. The number of hydrogen-bond acceptors (Lipinski definition) is 1. The molecular weight excluding hydrogens is 323 g/mol. The Kier molecular flexibility index (Phi) is 4.17. The largest absolute Gasteiger partial charge is 0.413 e. The highest BCUT2D eigenvalue weighted by Gasteiger charge is 2.68. The molecule has 0 spiro atoms. The van der Waals surface area contributed by atoms with E-state index in [-0.39, 0.29) is 0 Å². The lowest BCUT2D eigenvalue weighted by atomic mass is 9.89. The molecule has 0 heterocycles. The third-order valence-corrected chi connectivity index (χ3v) is 4.93. The second kappa shape index (κ2) is 5.50. The molecule has 3 nitrogen and oxygen atoms in total. The Morgan fingerprint density at radius 3 is 1.82 bits per heavy atom. The van der Waals surface area contributed by atoms with Gasteiger partial charge in [0.05, 0.1) is 0 Å². The van der Waals surface area contributed by atoms with Crippen molar-refractivity contribution in [2.45, 2.75) is 11.3 Å². The minimum Gasteiger partial charge on any atom is -0.323 e. The molecule has 0 fully saturated rings. The lowest BCUT2D eigenvalue weighted by Crippen LogP contribution is -2.44. The van der Waals surface area contributed by atoms with E-state index in [4.69, 9.17) is 0 Å². The summed E-state index contributed by atoms with van der Waals surface area (Å²) in [7, 11) is -5.86. The maximum Gasteiger partial charge on any atom is 0.413 e. The fourth-order valence-corrected chi connectivity index (χ4v) is 3.71. The third kappa shape index (κ3) is 2.45. The molecule has 0 radical (unpaired) electrons. The summed E-state index contributed by atoms with van der Waals surface area (Å²) in [5.74, 6) is -1.34. The van der Waals surface area contributed by atoms with Crippen molar-refractivity contribution < 1.29 is 31.9 Å². The molecule has 2 rings (SSSR count). The van der Waals surface area contributed by atoms with Crippen molar-refractivity contribution in [3.05, 3.63) is 71.5 Å². The first-order chi connectivity index (χ1) is 10.1. The summed E-state index contributed by atoms with van der Waals surface area (Å²) < 4.78 is 67.1. The summed E-state index contributed by atoms with van der Waals surface area (Å²) in [6, 6.07) is 9.33. The van der Waals surface area contributed by atoms with E-state index in [1.165, 1.54) is 18.2 Å². The van der Waals surface area contributed by atoms with Gasteiger partial charge >= 0.3 is 13.8 Å². The molecule has 2 aromatic carbocycles. The Morgan fingerprint density at radius 1 is 0.864 bits per heavy atom. The summed E-state index contributed by atoms with van der Waals surface area (Å²) >= 11 is 0. The Bertz CT molecular complexity index is 712. The lowest BCUT2D eigenvalue weighted by Gasteiger charge is -2.37. The van der Waals surface area contributed by atoms with Crippen molar-refractivity contribution in [3.8, 4) is 0 Å². The summed E-state index contributed by atoms with van der Waals surface area (Å²) in [4.78, 5) is 19.0. The van der Waals surface area contributed by atoms with Gasteiger partial charge in [0, 0.05) is 5.56 Å². The smallest absolute Gasteiger partial charge is 0.323 e. The second-order valence-corrected chi connectivity index (χ2v) is 6.36. The van der Waals surface area contributed by atoms with Crippen LogP contribution in [0.4, 0.5) is 17.6 Å². The highest BCUT2D eigenvalue weighted by molar-refractivity contribution is 7.53. The van der Waals surface area contributed by atoms with Crippen LogP contribution in [-0.4, -0.2) is 16.0 Å². The van der Waals surface area contributed by atoms with Crippen LogP contribution in [0.15, 0.2) is 54.6 Å². The molecule has 2 aromatic rings. The monoisotopic (exact) mass is 334 g/mol. The summed E-state index contributed by atoms with van der Waals surface area (Å²) in [5, 5.41) is -3.76. The lowest BCUT2D eigenvalue weighted by molar-refractivity contribution is -0.159. The third-order valence-electron chi connectivity index (χ3n) is 3.30. The van der Waals surface area contributed by atoms with Gasteiger partial charge in [0.15, 0.2) is 0 Å². The highest BCUT2D eigenvalue weighted by atomic mass is 31.2. The molecule has 0 amide bonds. The zero-order valence-corrected chi connectivity index (χ0v) is 11.9. The van der Waals surface area contributed by atoms with Crippen LogP contribution in [0, 0.1) is 5.82 Å². The van der Waals surface area contributed by atoms with Gasteiger partial charge in [-0.2, -0.15) is 13.2 Å². The standard InChI is InChI=1S/C14H11F4O3P/c15-12-9-5-4-8-11(12)13(14(16,17)18,22(19,20)21)10-6-2-1-3-7-10/h1-9H,(H2,19,20,21). The fourth-order valence-electron chi connectivity index (χ4n) is 2.40. The molecule has 0 aromatic heterocycles. The van der Waals surface area contributed by atoms with E-state index in [0.29, 0.717) is 0 Å². The van der Waals surface area contributed by atoms with E-state index in [1.54, 1.807) is 0 Å². The molecule has 22 heavy (non-hydrogen) atoms. The fraction of sp³-hybridized carbons (Fsp3) is 0.143. The molecule has 1 atom stereocenters. The zero-order valence-electron chi connectivity index (χ0n) is 11.0. The molecule has 0 aliphatic rings. The molecule has 8 heteroatoms. The zero-order chi connectivity index (χ0) is 16.6. The average molecular weight is 334 g/mol. The van der Waals surface area contributed by atoms with Gasteiger partial charge in [0.2, 0.25) is 5.16 Å². The normalized spacial score (nSPS) is 15.4. The van der Waals surface area contributed by atoms with Crippen LogP contribution in [0.1, 0.15) is 11.1 Å². The van der Waals surface area contributed by atoms with Crippen LogP contribution in [0.5, 0.6) is 0 Å². The molecule has 0 saturated carbocycles. The van der Waals surface area contributed by atoms with Gasteiger partial charge in [-0.05, 0) is 11.6 Å². The van der Waals surface area contributed by atoms with Gasteiger partial charge in [-0.1, -0.05) is 48.5 Å². The number of halogens is 4. The molecule has 1 unspecified atom stereocenters. The topological polar surface area (TPSA) is 57.5 Å². The van der Waals surface area contributed by atoms with Crippen molar-refractivity contribution in [2.75, 3.05) is 0 Å². The molecule has 0 saturated heterocycles. The first-order valence-electron chi connectivity index (χ1n) is 6.05. The minimum atomic E-state index is -5.86. The van der Waals surface area contributed by atoms with Crippen molar-refractivity contribution in [1.29, 1.82) is 0 Å². The van der Waals surface area contributed by atoms with E-state index >= 15 is 0 Å². The summed E-state index contributed by atoms with van der Waals surface area (Å²) in [6.45, 7) is 0. The van der Waals surface area contributed by atoms with Crippen LogP contribution in [0.25, 0.3) is 0 Å². The van der Waals surface area contributed by atoms with Crippen LogP contribution in [0.3, 0.4) is 0 Å². The second-order valence-electron chi connectivity index (χ2n) is 4.60. The quantitative estimate of drug-likeness (QED) is 0.663. The van der Waals surface area contributed by atoms with Gasteiger partial charge in [-0.25, -0.2) is 4.39 Å². The number of alkyl halides is 3. The molecule has 0 aliphatic heterocycles. The molecular formula is C14H11F4O3P. The highest BCUT2D eigenvalue weighted by Crippen LogP contribution is 2.68. The molecule has 118 valence electrons. The van der Waals surface area contributed by atoms with E-state index in [1.807, 2.05) is 0 Å². The Balaban J connectivity index is 2.97. The van der Waals surface area contributed by atoms with Crippen molar-refractivity contribution in [2.24, 2.45) is 0 Å². The number of benzene rings is 2. The molecule has 0 aliphatic carbocycles. The van der Waals surface area contributed by atoms with Gasteiger partial charge in [0.25, 0.3) is 0 Å². The van der Waals surface area contributed by atoms with E-state index < -0.39 is 35.9 Å². The van der Waals surface area contributed by atoms with Gasteiger partial charge < -0.3 is 9.79 Å². The number of rotatable bonds is 3. The van der Waals surface area contributed by atoms with E-state index in [0.717, 1.165) is 36.4 Å². The van der Waals surface area contributed by atoms with Crippen LogP contribution >= 0.6 is 7.60 Å². The van der Waals surface area contributed by atoms with Crippen LogP contribution < -0.4 is 0 Å². The summed E-state index contributed by atoms with van der Waals surface area (Å²) in [6.07, 6.45) is -5.41. The molecule has 2 N–H and O–H groups in total. The van der Waals surface area contributed by atoms with E-state index in [2.05, 4.69) is 0 Å². The molecule has 0 bridgehead atoms. The van der Waals surface area contributed by atoms with Gasteiger partial charge in [-0.15, -0.1) is 0 Å².